The molecule has 0 aliphatic rings. The highest BCUT2D eigenvalue weighted by molar-refractivity contribution is 9.10. The zero-order chi connectivity index (χ0) is 13.2. The summed E-state index contributed by atoms with van der Waals surface area (Å²) >= 11 is 5.12. The summed E-state index contributed by atoms with van der Waals surface area (Å²) in [7, 11) is 0. The van der Waals surface area contributed by atoms with E-state index in [1.54, 1.807) is 17.7 Å². The predicted octanol–water partition coefficient (Wildman–Crippen LogP) is 4.37. The molecule has 5 heteroatoms. The quantitative estimate of drug-likeness (QED) is 0.773. The lowest BCUT2D eigenvalue weighted by atomic mass is 10.2. The third-order valence-electron chi connectivity index (χ3n) is 2.90. The van der Waals surface area contributed by atoms with Crippen LogP contribution in [-0.4, -0.2) is 9.97 Å². The van der Waals surface area contributed by atoms with Gasteiger partial charge in [-0.05, 0) is 35.6 Å². The number of fused-ring (bicyclic) bond motifs is 1. The zero-order valence-electron chi connectivity index (χ0n) is 10.4. The molecule has 0 spiro atoms. The molecule has 0 bridgehead atoms. The number of hydrogen-bond donors (Lipinski definition) is 1. The Balaban J connectivity index is 1.83. The van der Waals surface area contributed by atoms with E-state index < -0.39 is 0 Å². The van der Waals surface area contributed by atoms with Gasteiger partial charge in [-0.1, -0.05) is 28.1 Å². The van der Waals surface area contributed by atoms with Gasteiger partial charge in [-0.3, -0.25) is 0 Å². The van der Waals surface area contributed by atoms with Crippen LogP contribution in [0.25, 0.3) is 10.2 Å². The summed E-state index contributed by atoms with van der Waals surface area (Å²) in [5, 5.41) is 5.50. The third-order valence-corrected chi connectivity index (χ3v) is 4.53. The minimum Gasteiger partial charge on any atom is -0.365 e. The second kappa shape index (κ2) is 5.27. The van der Waals surface area contributed by atoms with Crippen molar-refractivity contribution < 1.29 is 0 Å². The standard InChI is InChI=1S/C14H12BrN3S/c1-9-7-19-13-12(9)17-8-18-14(13)16-6-10-2-4-11(15)5-3-10/h2-5,7-8H,6H2,1H3,(H,16,17,18). The maximum absolute atomic E-state index is 4.33. The molecule has 1 N–H and O–H groups in total. The molecule has 0 atom stereocenters. The molecule has 3 rings (SSSR count). The highest BCUT2D eigenvalue weighted by Gasteiger charge is 2.07. The monoisotopic (exact) mass is 333 g/mol. The largest absolute Gasteiger partial charge is 0.365 e. The van der Waals surface area contributed by atoms with E-state index in [2.05, 4.69) is 55.7 Å². The van der Waals surface area contributed by atoms with Crippen LogP contribution < -0.4 is 5.32 Å². The minimum absolute atomic E-state index is 0.760. The zero-order valence-corrected chi connectivity index (χ0v) is 12.8. The first-order valence-electron chi connectivity index (χ1n) is 5.91. The molecule has 2 aromatic heterocycles. The van der Waals surface area contributed by atoms with E-state index in [1.165, 1.54) is 11.1 Å². The molecular weight excluding hydrogens is 322 g/mol. The lowest BCUT2D eigenvalue weighted by Crippen LogP contribution is -2.01. The number of hydrogen-bond acceptors (Lipinski definition) is 4. The Kier molecular flexibility index (Phi) is 3.48. The van der Waals surface area contributed by atoms with E-state index in [-0.39, 0.29) is 0 Å². The fourth-order valence-electron chi connectivity index (χ4n) is 1.88. The van der Waals surface area contributed by atoms with Crippen molar-refractivity contribution in [3.05, 3.63) is 51.6 Å². The number of halogens is 1. The van der Waals surface area contributed by atoms with Crippen LogP contribution in [0.5, 0.6) is 0 Å². The van der Waals surface area contributed by atoms with Gasteiger partial charge in [0, 0.05) is 11.0 Å². The first-order valence-corrected chi connectivity index (χ1v) is 7.58. The van der Waals surface area contributed by atoms with E-state index in [9.17, 15) is 0 Å². The third kappa shape index (κ3) is 2.62. The lowest BCUT2D eigenvalue weighted by molar-refractivity contribution is 1.10. The number of nitrogens with one attached hydrogen (secondary N) is 1. The Hall–Kier alpha value is -1.46. The average molecular weight is 334 g/mol. The molecule has 2 heterocycles. The summed E-state index contributed by atoms with van der Waals surface area (Å²) in [6, 6.07) is 8.27. The second-order valence-corrected chi connectivity index (χ2v) is 6.09. The van der Waals surface area contributed by atoms with Crippen molar-refractivity contribution in [2.75, 3.05) is 5.32 Å². The SMILES string of the molecule is Cc1csc2c(NCc3ccc(Br)cc3)ncnc12. The molecule has 0 amide bonds. The van der Waals surface area contributed by atoms with Gasteiger partial charge in [0.25, 0.3) is 0 Å². The van der Waals surface area contributed by atoms with Crippen molar-refractivity contribution in [1.82, 2.24) is 9.97 Å². The number of benzene rings is 1. The van der Waals surface area contributed by atoms with Crippen LogP contribution in [0.1, 0.15) is 11.1 Å². The molecule has 0 radical (unpaired) electrons. The van der Waals surface area contributed by atoms with Crippen LogP contribution in [0.4, 0.5) is 5.82 Å². The molecule has 0 aliphatic heterocycles. The van der Waals surface area contributed by atoms with Gasteiger partial charge in [0.2, 0.25) is 0 Å². The van der Waals surface area contributed by atoms with Gasteiger partial charge in [0.1, 0.15) is 12.1 Å². The van der Waals surface area contributed by atoms with E-state index in [1.807, 2.05) is 12.1 Å². The van der Waals surface area contributed by atoms with Gasteiger partial charge in [0.15, 0.2) is 0 Å². The lowest BCUT2D eigenvalue weighted by Gasteiger charge is -2.06. The molecule has 3 nitrogen and oxygen atoms in total. The maximum atomic E-state index is 4.33. The Bertz CT molecular complexity index is 706. The Morgan fingerprint density at radius 1 is 1.21 bits per heavy atom. The normalized spacial score (nSPS) is 10.8. The highest BCUT2D eigenvalue weighted by atomic mass is 79.9. The van der Waals surface area contributed by atoms with Gasteiger partial charge in [-0.25, -0.2) is 9.97 Å². The minimum atomic E-state index is 0.760. The second-order valence-electron chi connectivity index (χ2n) is 4.30. The topological polar surface area (TPSA) is 37.8 Å². The van der Waals surface area contributed by atoms with Crippen LogP contribution in [0.2, 0.25) is 0 Å². The molecule has 0 unspecified atom stereocenters. The maximum Gasteiger partial charge on any atom is 0.147 e. The number of nitrogens with zero attached hydrogens (tertiary/aromatic N) is 2. The summed E-state index contributed by atoms with van der Waals surface area (Å²) < 4.78 is 2.21. The summed E-state index contributed by atoms with van der Waals surface area (Å²) in [6.45, 7) is 2.83. The number of rotatable bonds is 3. The molecule has 0 saturated heterocycles. The van der Waals surface area contributed by atoms with Crippen LogP contribution in [0, 0.1) is 6.92 Å². The van der Waals surface area contributed by atoms with Gasteiger partial charge >= 0.3 is 0 Å². The van der Waals surface area contributed by atoms with Crippen LogP contribution in [0.15, 0.2) is 40.4 Å². The van der Waals surface area contributed by atoms with Crippen LogP contribution in [-0.2, 0) is 6.54 Å². The van der Waals surface area contributed by atoms with Gasteiger partial charge in [0.05, 0.1) is 10.2 Å². The smallest absolute Gasteiger partial charge is 0.147 e. The molecule has 0 saturated carbocycles. The first-order chi connectivity index (χ1) is 9.24. The van der Waals surface area contributed by atoms with Crippen molar-refractivity contribution >= 4 is 43.3 Å². The summed E-state index contributed by atoms with van der Waals surface area (Å²) in [4.78, 5) is 8.65. The van der Waals surface area contributed by atoms with Gasteiger partial charge in [-0.15, -0.1) is 11.3 Å². The molecule has 0 fully saturated rings. The summed E-state index contributed by atoms with van der Waals surface area (Å²) in [5.41, 5.74) is 3.47. The number of anilines is 1. The summed E-state index contributed by atoms with van der Waals surface area (Å²) in [6.07, 6.45) is 1.62. The van der Waals surface area contributed by atoms with E-state index in [0.29, 0.717) is 0 Å². The van der Waals surface area contributed by atoms with E-state index in [4.69, 9.17) is 0 Å². The first kappa shape index (κ1) is 12.6. The van der Waals surface area contributed by atoms with Crippen molar-refractivity contribution in [3.8, 4) is 0 Å². The fourth-order valence-corrected chi connectivity index (χ4v) is 3.12. The van der Waals surface area contributed by atoms with Crippen molar-refractivity contribution in [2.24, 2.45) is 0 Å². The molecule has 0 aliphatic carbocycles. The van der Waals surface area contributed by atoms with Crippen molar-refractivity contribution in [1.29, 1.82) is 0 Å². The van der Waals surface area contributed by atoms with Crippen LogP contribution >= 0.6 is 27.3 Å². The van der Waals surface area contributed by atoms with Gasteiger partial charge < -0.3 is 5.32 Å². The number of thiophene rings is 1. The number of aromatic nitrogens is 2. The van der Waals surface area contributed by atoms with Crippen molar-refractivity contribution in [2.45, 2.75) is 13.5 Å². The molecule has 3 aromatic rings. The Morgan fingerprint density at radius 2 is 2.00 bits per heavy atom. The summed E-state index contributed by atoms with van der Waals surface area (Å²) in [5.74, 6) is 0.908. The average Bonchev–Trinajstić information content (AvgIpc) is 2.81. The van der Waals surface area contributed by atoms with Gasteiger partial charge in [-0.2, -0.15) is 0 Å². The molecule has 19 heavy (non-hydrogen) atoms. The van der Waals surface area contributed by atoms with Crippen molar-refractivity contribution in [3.63, 3.8) is 0 Å². The Morgan fingerprint density at radius 3 is 2.79 bits per heavy atom. The van der Waals surface area contributed by atoms with Crippen LogP contribution in [0.3, 0.4) is 0 Å². The molecule has 96 valence electrons. The Labute approximate surface area is 123 Å². The fraction of sp³-hybridized carbons (Fsp3) is 0.143. The highest BCUT2D eigenvalue weighted by Crippen LogP contribution is 2.28. The molecular formula is C14H12BrN3S. The predicted molar refractivity (Wildman–Crippen MR) is 83.6 cm³/mol. The van der Waals surface area contributed by atoms with E-state index in [0.717, 1.165) is 27.1 Å². The molecule has 1 aromatic carbocycles. The number of aryl methyl sites for hydroxylation is 1. The van der Waals surface area contributed by atoms with E-state index >= 15 is 0 Å².